The van der Waals surface area contributed by atoms with Crippen LogP contribution in [0.4, 0.5) is 0 Å². The van der Waals surface area contributed by atoms with E-state index in [-0.39, 0.29) is 14.5 Å². The predicted molar refractivity (Wildman–Crippen MR) is 203 cm³/mol. The van der Waals surface area contributed by atoms with E-state index in [0.717, 1.165) is 0 Å². The molecule has 0 fully saturated rings. The molecule has 0 saturated heterocycles. The molecular formula is C46H30Se. The van der Waals surface area contributed by atoms with Crippen LogP contribution in [-0.2, 0) is 0 Å². The van der Waals surface area contributed by atoms with E-state index in [1.165, 1.54) is 85.7 Å². The Hall–Kier alpha value is -5.46. The van der Waals surface area contributed by atoms with Crippen molar-refractivity contribution in [2.75, 3.05) is 0 Å². The molecule has 1 heterocycles. The molecule has 1 aromatic heterocycles. The van der Waals surface area contributed by atoms with E-state index < -0.39 is 0 Å². The molecular weight excluding hydrogens is 631 g/mol. The largest absolute Gasteiger partial charge is 0.0617 e. The van der Waals surface area contributed by atoms with Crippen LogP contribution >= 0.6 is 0 Å². The average molecular weight is 662 g/mol. The monoisotopic (exact) mass is 662 g/mol. The molecule has 0 radical (unpaired) electrons. The van der Waals surface area contributed by atoms with Crippen molar-refractivity contribution in [3.63, 3.8) is 0 Å². The normalized spacial score (nSPS) is 11.4. The molecule has 0 aliphatic heterocycles. The van der Waals surface area contributed by atoms with E-state index in [0.29, 0.717) is 0 Å². The van der Waals surface area contributed by atoms with Gasteiger partial charge in [-0.05, 0) is 5.56 Å². The summed E-state index contributed by atoms with van der Waals surface area (Å²) in [5.74, 6) is 0. The smallest absolute Gasteiger partial charge is 0.0544 e. The van der Waals surface area contributed by atoms with Gasteiger partial charge in [0.05, 0.1) is 0 Å². The van der Waals surface area contributed by atoms with E-state index >= 15 is 0 Å². The maximum atomic E-state index is 2.41. The number of hydrogen-bond acceptors (Lipinski definition) is 0. The van der Waals surface area contributed by atoms with Gasteiger partial charge in [-0.25, -0.2) is 0 Å². The van der Waals surface area contributed by atoms with Gasteiger partial charge in [0.15, 0.2) is 0 Å². The second kappa shape index (κ2) is 11.7. The Kier molecular flexibility index (Phi) is 6.94. The standard InChI is InChI=1S/C46H30Se/c1-3-12-31(13-4-1)34-17-9-18-35(26-34)38-27-37(32-14-5-2-6-15-32)28-39(29-38)36-25-24-33-16-10-20-40(44(33)30-36)42-21-11-22-43-41-19-7-8-23-45(41)47-46(42)43/h1-30H. The molecule has 0 atom stereocenters. The molecule has 0 aliphatic carbocycles. The van der Waals surface area contributed by atoms with Gasteiger partial charge in [-0.3, -0.25) is 0 Å². The maximum Gasteiger partial charge on any atom is -0.0544 e. The van der Waals surface area contributed by atoms with Gasteiger partial charge in [-0.2, -0.15) is 0 Å². The molecule has 0 amide bonds. The van der Waals surface area contributed by atoms with E-state index in [1.807, 2.05) is 0 Å². The van der Waals surface area contributed by atoms with Gasteiger partial charge < -0.3 is 0 Å². The third-order valence-electron chi connectivity index (χ3n) is 9.25. The molecule has 0 unspecified atom stereocenters. The molecule has 0 N–H and O–H groups in total. The second-order valence-corrected chi connectivity index (χ2v) is 14.3. The van der Waals surface area contributed by atoms with Gasteiger partial charge in [0, 0.05) is 0 Å². The summed E-state index contributed by atoms with van der Waals surface area (Å²) in [7, 11) is 0. The van der Waals surface area contributed by atoms with Crippen LogP contribution in [0, 0.1) is 0 Å². The van der Waals surface area contributed by atoms with Gasteiger partial charge in [-0.15, -0.1) is 0 Å². The zero-order valence-electron chi connectivity index (χ0n) is 25.7. The van der Waals surface area contributed by atoms with E-state index in [4.69, 9.17) is 0 Å². The minimum absolute atomic E-state index is 0.287. The molecule has 9 aromatic rings. The molecule has 0 aliphatic rings. The van der Waals surface area contributed by atoms with Crippen LogP contribution in [0.1, 0.15) is 0 Å². The molecule has 9 rings (SSSR count). The van der Waals surface area contributed by atoms with Crippen LogP contribution in [0.15, 0.2) is 182 Å². The van der Waals surface area contributed by atoms with E-state index in [2.05, 4.69) is 182 Å². The second-order valence-electron chi connectivity index (χ2n) is 12.1. The van der Waals surface area contributed by atoms with Gasteiger partial charge >= 0.3 is 234 Å². The van der Waals surface area contributed by atoms with E-state index in [9.17, 15) is 0 Å². The van der Waals surface area contributed by atoms with Crippen LogP contribution < -0.4 is 0 Å². The van der Waals surface area contributed by atoms with Crippen LogP contribution in [0.2, 0.25) is 0 Å². The third-order valence-corrected chi connectivity index (χ3v) is 11.8. The first-order chi connectivity index (χ1) is 23.3. The first-order valence-corrected chi connectivity index (χ1v) is 17.8. The molecule has 0 nitrogen and oxygen atoms in total. The Morgan fingerprint density at radius 1 is 0.277 bits per heavy atom. The summed E-state index contributed by atoms with van der Waals surface area (Å²) in [5.41, 5.74) is 12.4. The molecule has 1 heteroatoms. The summed E-state index contributed by atoms with van der Waals surface area (Å²) in [4.78, 5) is 0. The zero-order chi connectivity index (χ0) is 31.2. The number of fused-ring (bicyclic) bond motifs is 4. The fraction of sp³-hybridized carbons (Fsp3) is 0. The summed E-state index contributed by atoms with van der Waals surface area (Å²) >= 11 is 0.287. The Morgan fingerprint density at radius 2 is 0.787 bits per heavy atom. The van der Waals surface area contributed by atoms with Crippen LogP contribution in [0.25, 0.3) is 85.7 Å². The number of hydrogen-bond donors (Lipinski definition) is 0. The van der Waals surface area contributed by atoms with Crippen molar-refractivity contribution in [2.45, 2.75) is 0 Å². The van der Waals surface area contributed by atoms with Gasteiger partial charge in [0.25, 0.3) is 0 Å². The zero-order valence-corrected chi connectivity index (χ0v) is 27.4. The SMILES string of the molecule is c1ccc(-c2cccc(-c3cc(-c4ccccc4)cc(-c4ccc5cccc(-c6cccc7c6[se]c6ccccc67)c5c4)c3)c2)cc1. The Balaban J connectivity index is 1.23. The molecule has 47 heavy (non-hydrogen) atoms. The summed E-state index contributed by atoms with van der Waals surface area (Å²) in [6.45, 7) is 0. The predicted octanol–water partition coefficient (Wildman–Crippen LogP) is 12.5. The number of rotatable bonds is 5. The van der Waals surface area contributed by atoms with Crippen molar-refractivity contribution < 1.29 is 0 Å². The molecule has 220 valence electrons. The first kappa shape index (κ1) is 27.8. The molecule has 0 bridgehead atoms. The Labute approximate surface area is 281 Å². The summed E-state index contributed by atoms with van der Waals surface area (Å²) in [6.07, 6.45) is 0. The van der Waals surface area contributed by atoms with Crippen LogP contribution in [0.5, 0.6) is 0 Å². The minimum Gasteiger partial charge on any atom is -0.0617 e. The van der Waals surface area contributed by atoms with Crippen LogP contribution in [-0.4, -0.2) is 14.5 Å². The summed E-state index contributed by atoms with van der Waals surface area (Å²) < 4.78 is 2.97. The fourth-order valence-electron chi connectivity index (χ4n) is 6.91. The topological polar surface area (TPSA) is 0 Å². The third kappa shape index (κ3) is 5.11. The average Bonchev–Trinajstić information content (AvgIpc) is 3.54. The maximum absolute atomic E-state index is 2.41. The van der Waals surface area contributed by atoms with Gasteiger partial charge in [-0.1, -0.05) is 42.5 Å². The van der Waals surface area contributed by atoms with Crippen molar-refractivity contribution in [3.05, 3.63) is 182 Å². The number of benzene rings is 8. The molecule has 0 saturated carbocycles. The molecule has 0 spiro atoms. The first-order valence-electron chi connectivity index (χ1n) is 16.1. The summed E-state index contributed by atoms with van der Waals surface area (Å²) in [6, 6.07) is 66.9. The van der Waals surface area contributed by atoms with Gasteiger partial charge in [0.2, 0.25) is 0 Å². The Morgan fingerprint density at radius 3 is 1.55 bits per heavy atom. The fourth-order valence-corrected chi connectivity index (χ4v) is 9.49. The minimum atomic E-state index is 0.287. The van der Waals surface area contributed by atoms with Crippen molar-refractivity contribution >= 4 is 44.6 Å². The van der Waals surface area contributed by atoms with E-state index in [1.54, 1.807) is 0 Å². The Bertz CT molecular complexity index is 2560. The van der Waals surface area contributed by atoms with Crippen molar-refractivity contribution in [1.29, 1.82) is 0 Å². The quantitative estimate of drug-likeness (QED) is 0.161. The van der Waals surface area contributed by atoms with Crippen molar-refractivity contribution in [2.24, 2.45) is 0 Å². The summed E-state index contributed by atoms with van der Waals surface area (Å²) in [5, 5.41) is 5.35. The van der Waals surface area contributed by atoms with Crippen LogP contribution in [0.3, 0.4) is 0 Å². The molecule has 8 aromatic carbocycles. The van der Waals surface area contributed by atoms with Gasteiger partial charge in [0.1, 0.15) is 0 Å². The van der Waals surface area contributed by atoms with Crippen molar-refractivity contribution in [1.82, 2.24) is 0 Å². The van der Waals surface area contributed by atoms with Crippen molar-refractivity contribution in [3.8, 4) is 55.6 Å².